The summed E-state index contributed by atoms with van der Waals surface area (Å²) >= 11 is 0. The molecule has 0 saturated carbocycles. The summed E-state index contributed by atoms with van der Waals surface area (Å²) in [4.78, 5) is 25.6. The third-order valence-corrected chi connectivity index (χ3v) is 4.18. The first kappa shape index (κ1) is 17.5. The maximum atomic E-state index is 12.1. The van der Waals surface area contributed by atoms with E-state index in [-0.39, 0.29) is 11.7 Å². The van der Waals surface area contributed by atoms with Crippen LogP contribution in [0.2, 0.25) is 0 Å². The molecule has 1 aromatic rings. The van der Waals surface area contributed by atoms with Gasteiger partial charge < -0.3 is 14.8 Å². The van der Waals surface area contributed by atoms with Gasteiger partial charge in [-0.05, 0) is 44.0 Å². The van der Waals surface area contributed by atoms with Crippen LogP contribution in [-0.4, -0.2) is 41.0 Å². The largest absolute Gasteiger partial charge is 0.480 e. The van der Waals surface area contributed by atoms with Gasteiger partial charge in [-0.2, -0.15) is 0 Å². The van der Waals surface area contributed by atoms with E-state index in [0.29, 0.717) is 6.54 Å². The van der Waals surface area contributed by atoms with Crippen molar-refractivity contribution in [2.75, 3.05) is 13.1 Å². The number of nitrogens with one attached hydrogen (secondary N) is 1. The fourth-order valence-corrected chi connectivity index (χ4v) is 2.83. The van der Waals surface area contributed by atoms with Crippen LogP contribution in [-0.2, 0) is 11.3 Å². The van der Waals surface area contributed by atoms with E-state index in [2.05, 4.69) is 10.2 Å². The molecule has 23 heavy (non-hydrogen) atoms. The minimum atomic E-state index is -1.04. The highest BCUT2D eigenvalue weighted by Crippen LogP contribution is 2.15. The number of furan rings is 1. The molecule has 6 heteroatoms. The molecule has 0 aromatic carbocycles. The second-order valence-corrected chi connectivity index (χ2v) is 6.49. The van der Waals surface area contributed by atoms with Crippen LogP contribution in [0.4, 0.5) is 0 Å². The number of carboxylic acids is 1. The summed E-state index contributed by atoms with van der Waals surface area (Å²) in [6.07, 6.45) is 4.94. The van der Waals surface area contributed by atoms with Crippen LogP contribution < -0.4 is 5.32 Å². The predicted molar refractivity (Wildman–Crippen MR) is 86.2 cm³/mol. The van der Waals surface area contributed by atoms with Crippen molar-refractivity contribution in [1.29, 1.82) is 0 Å². The standard InChI is InChI=1S/C17H26N2O4/c1-12(2)15(17(21)22)18-16(20)14-8-7-13(23-14)11-19-9-5-3-4-6-10-19/h7-8,12,15H,3-6,9-11H2,1-2H3,(H,18,20)(H,21,22). The quantitative estimate of drug-likeness (QED) is 0.841. The highest BCUT2D eigenvalue weighted by molar-refractivity contribution is 5.94. The van der Waals surface area contributed by atoms with Crippen molar-refractivity contribution in [3.8, 4) is 0 Å². The van der Waals surface area contributed by atoms with Gasteiger partial charge in [0.15, 0.2) is 5.76 Å². The molecule has 1 fully saturated rings. The Morgan fingerprint density at radius 3 is 2.43 bits per heavy atom. The lowest BCUT2D eigenvalue weighted by Gasteiger charge is -2.18. The number of carbonyl (C=O) groups excluding carboxylic acids is 1. The lowest BCUT2D eigenvalue weighted by atomic mass is 10.0. The van der Waals surface area contributed by atoms with E-state index in [0.717, 1.165) is 18.8 Å². The van der Waals surface area contributed by atoms with E-state index in [1.807, 2.05) is 0 Å². The van der Waals surface area contributed by atoms with E-state index < -0.39 is 17.9 Å². The molecule has 1 aliphatic heterocycles. The van der Waals surface area contributed by atoms with E-state index in [1.165, 1.54) is 25.7 Å². The van der Waals surface area contributed by atoms with Crippen molar-refractivity contribution in [1.82, 2.24) is 10.2 Å². The highest BCUT2D eigenvalue weighted by atomic mass is 16.4. The van der Waals surface area contributed by atoms with Crippen LogP contribution in [0.25, 0.3) is 0 Å². The summed E-state index contributed by atoms with van der Waals surface area (Å²) in [5.74, 6) is -0.795. The van der Waals surface area contributed by atoms with Gasteiger partial charge >= 0.3 is 5.97 Å². The molecule has 2 rings (SSSR count). The van der Waals surface area contributed by atoms with Crippen LogP contribution in [0.3, 0.4) is 0 Å². The second-order valence-electron chi connectivity index (χ2n) is 6.49. The number of nitrogens with zero attached hydrogens (tertiary/aromatic N) is 1. The van der Waals surface area contributed by atoms with E-state index in [1.54, 1.807) is 26.0 Å². The molecule has 0 radical (unpaired) electrons. The van der Waals surface area contributed by atoms with Crippen LogP contribution in [0, 0.1) is 5.92 Å². The predicted octanol–water partition coefficient (Wildman–Crippen LogP) is 2.49. The second kappa shape index (κ2) is 8.15. The van der Waals surface area contributed by atoms with Crippen LogP contribution in [0.5, 0.6) is 0 Å². The van der Waals surface area contributed by atoms with Gasteiger partial charge in [-0.1, -0.05) is 26.7 Å². The number of carboxylic acid groups (broad SMARTS) is 1. The molecular weight excluding hydrogens is 296 g/mol. The van der Waals surface area contributed by atoms with Crippen LogP contribution in [0.1, 0.15) is 55.8 Å². The SMILES string of the molecule is CC(C)C(NC(=O)c1ccc(CN2CCCCCC2)o1)C(=O)O. The molecule has 0 aliphatic carbocycles. The molecule has 2 N–H and O–H groups in total. The molecule has 128 valence electrons. The van der Waals surface area contributed by atoms with E-state index >= 15 is 0 Å². The Bertz CT molecular complexity index is 530. The third-order valence-electron chi connectivity index (χ3n) is 4.18. The molecule has 1 saturated heterocycles. The van der Waals surface area contributed by atoms with Gasteiger partial charge in [-0.25, -0.2) is 4.79 Å². The van der Waals surface area contributed by atoms with E-state index in [4.69, 9.17) is 9.52 Å². The number of carbonyl (C=O) groups is 2. The highest BCUT2D eigenvalue weighted by Gasteiger charge is 2.25. The monoisotopic (exact) mass is 322 g/mol. The molecule has 0 bridgehead atoms. The smallest absolute Gasteiger partial charge is 0.326 e. The zero-order valence-corrected chi connectivity index (χ0v) is 13.9. The summed E-state index contributed by atoms with van der Waals surface area (Å²) in [5.41, 5.74) is 0. The fraction of sp³-hybridized carbons (Fsp3) is 0.647. The average Bonchev–Trinajstić information content (AvgIpc) is 2.80. The molecule has 0 spiro atoms. The average molecular weight is 322 g/mol. The van der Waals surface area contributed by atoms with Gasteiger partial charge in [-0.15, -0.1) is 0 Å². The first-order chi connectivity index (χ1) is 11.0. The van der Waals surface area contributed by atoms with Crippen molar-refractivity contribution in [2.24, 2.45) is 5.92 Å². The number of likely N-dealkylation sites (tertiary alicyclic amines) is 1. The van der Waals surface area contributed by atoms with E-state index in [9.17, 15) is 9.59 Å². The van der Waals surface area contributed by atoms with Gasteiger partial charge in [-0.3, -0.25) is 9.69 Å². The number of rotatable bonds is 6. The Kier molecular flexibility index (Phi) is 6.21. The van der Waals surface area contributed by atoms with Crippen molar-refractivity contribution >= 4 is 11.9 Å². The molecule has 1 amide bonds. The van der Waals surface area contributed by atoms with Gasteiger partial charge in [0.1, 0.15) is 11.8 Å². The maximum absolute atomic E-state index is 12.1. The topological polar surface area (TPSA) is 82.8 Å². The normalized spacial score (nSPS) is 17.7. The zero-order chi connectivity index (χ0) is 16.8. The minimum Gasteiger partial charge on any atom is -0.480 e. The van der Waals surface area contributed by atoms with Gasteiger partial charge in [0.2, 0.25) is 0 Å². The summed E-state index contributed by atoms with van der Waals surface area (Å²) in [6.45, 7) is 6.31. The lowest BCUT2D eigenvalue weighted by Crippen LogP contribution is -2.44. The molecular formula is C17H26N2O4. The Morgan fingerprint density at radius 1 is 1.22 bits per heavy atom. The summed E-state index contributed by atoms with van der Waals surface area (Å²) < 4.78 is 5.60. The third kappa shape index (κ3) is 5.10. The summed E-state index contributed by atoms with van der Waals surface area (Å²) in [5, 5.41) is 11.6. The Morgan fingerprint density at radius 2 is 1.87 bits per heavy atom. The van der Waals surface area contributed by atoms with Crippen molar-refractivity contribution in [3.05, 3.63) is 23.7 Å². The Labute approximate surface area is 136 Å². The van der Waals surface area contributed by atoms with Gasteiger partial charge in [0, 0.05) is 0 Å². The zero-order valence-electron chi connectivity index (χ0n) is 13.9. The lowest BCUT2D eigenvalue weighted by molar-refractivity contribution is -0.140. The number of hydrogen-bond acceptors (Lipinski definition) is 4. The van der Waals surface area contributed by atoms with Crippen LogP contribution in [0.15, 0.2) is 16.5 Å². The maximum Gasteiger partial charge on any atom is 0.326 e. The molecule has 1 atom stereocenters. The molecule has 6 nitrogen and oxygen atoms in total. The fourth-order valence-electron chi connectivity index (χ4n) is 2.83. The van der Waals surface area contributed by atoms with Crippen molar-refractivity contribution in [3.63, 3.8) is 0 Å². The van der Waals surface area contributed by atoms with Crippen LogP contribution >= 0.6 is 0 Å². The molecule has 1 aliphatic rings. The van der Waals surface area contributed by atoms with Crippen molar-refractivity contribution in [2.45, 2.75) is 52.1 Å². The first-order valence-electron chi connectivity index (χ1n) is 8.32. The summed E-state index contributed by atoms with van der Waals surface area (Å²) in [7, 11) is 0. The molecule has 1 aromatic heterocycles. The number of aliphatic carboxylic acids is 1. The first-order valence-corrected chi connectivity index (χ1v) is 8.32. The molecule has 2 heterocycles. The Hall–Kier alpha value is -1.82. The Balaban J connectivity index is 1.95. The van der Waals surface area contributed by atoms with Crippen molar-refractivity contribution < 1.29 is 19.1 Å². The molecule has 1 unspecified atom stereocenters. The minimum absolute atomic E-state index is 0.168. The summed E-state index contributed by atoms with van der Waals surface area (Å²) in [6, 6.07) is 2.49. The number of hydrogen-bond donors (Lipinski definition) is 2. The van der Waals surface area contributed by atoms with Gasteiger partial charge in [0.25, 0.3) is 5.91 Å². The number of amides is 1. The van der Waals surface area contributed by atoms with Gasteiger partial charge in [0.05, 0.1) is 6.54 Å².